The van der Waals surface area contributed by atoms with E-state index >= 15 is 0 Å². The van der Waals surface area contributed by atoms with Gasteiger partial charge in [0.2, 0.25) is 0 Å². The lowest BCUT2D eigenvalue weighted by Crippen LogP contribution is -2.48. The molecule has 1 atom stereocenters. The number of piperazine rings is 1. The lowest BCUT2D eigenvalue weighted by Gasteiger charge is -2.35. The summed E-state index contributed by atoms with van der Waals surface area (Å²) in [7, 11) is -1.89. The molecule has 1 unspecified atom stereocenters. The van der Waals surface area contributed by atoms with Gasteiger partial charge in [-0.05, 0) is 18.6 Å². The number of hydrogen-bond donors (Lipinski definition) is 1. The van der Waals surface area contributed by atoms with Gasteiger partial charge in [-0.15, -0.1) is 12.4 Å². The normalized spacial score (nSPS) is 19.0. The zero-order chi connectivity index (χ0) is 16.6. The van der Waals surface area contributed by atoms with Gasteiger partial charge in [0, 0.05) is 37.9 Å². The van der Waals surface area contributed by atoms with Gasteiger partial charge < -0.3 is 9.88 Å². The quantitative estimate of drug-likeness (QED) is 0.871. The van der Waals surface area contributed by atoms with Crippen LogP contribution in [0.15, 0.2) is 35.5 Å². The van der Waals surface area contributed by atoms with Crippen molar-refractivity contribution >= 4 is 34.0 Å². The second kappa shape index (κ2) is 7.41. The molecule has 2 aromatic rings. The molecule has 0 saturated carbocycles. The summed E-state index contributed by atoms with van der Waals surface area (Å²) in [5, 5.41) is 3.89. The van der Waals surface area contributed by atoms with Crippen molar-refractivity contribution in [3.63, 3.8) is 0 Å². The zero-order valence-electron chi connectivity index (χ0n) is 13.4. The van der Waals surface area contributed by atoms with Crippen molar-refractivity contribution in [3.05, 3.63) is 46.9 Å². The van der Waals surface area contributed by atoms with Gasteiger partial charge in [-0.25, -0.2) is 13.4 Å². The van der Waals surface area contributed by atoms with Gasteiger partial charge in [0.15, 0.2) is 5.03 Å². The van der Waals surface area contributed by atoms with E-state index < -0.39 is 10.0 Å². The number of rotatable bonds is 3. The highest BCUT2D eigenvalue weighted by Crippen LogP contribution is 2.32. The van der Waals surface area contributed by atoms with Crippen LogP contribution in [0.5, 0.6) is 0 Å². The summed E-state index contributed by atoms with van der Waals surface area (Å²) in [6, 6.07) is 7.01. The first-order valence-corrected chi connectivity index (χ1v) is 9.20. The summed E-state index contributed by atoms with van der Waals surface area (Å²) in [6.45, 7) is 3.29. The van der Waals surface area contributed by atoms with Crippen molar-refractivity contribution < 1.29 is 8.42 Å². The third kappa shape index (κ3) is 3.45. The van der Waals surface area contributed by atoms with Crippen LogP contribution in [0, 0.1) is 6.92 Å². The Kier molecular flexibility index (Phi) is 5.93. The lowest BCUT2D eigenvalue weighted by molar-refractivity contribution is 0.271. The molecule has 132 valence electrons. The number of hydrogen-bond acceptors (Lipinski definition) is 4. The molecule has 1 aromatic carbocycles. The standard InChI is InChI=1S/C15H19ClN4O2S.ClH/c1-11-18-15(10-19(11)2)23(21,22)20-8-7-17-9-14(20)12-5-3-4-6-13(12)16;/h3-6,10,14,17H,7-9H2,1-2H3;1H. The van der Waals surface area contributed by atoms with Crippen LogP contribution in [0.4, 0.5) is 0 Å². The highest BCUT2D eigenvalue weighted by Gasteiger charge is 2.36. The van der Waals surface area contributed by atoms with Gasteiger partial charge in [0.05, 0.1) is 6.04 Å². The molecule has 3 rings (SSSR count). The second-order valence-corrected chi connectivity index (χ2v) is 7.84. The molecule has 1 N–H and O–H groups in total. The van der Waals surface area contributed by atoms with E-state index in [2.05, 4.69) is 10.3 Å². The van der Waals surface area contributed by atoms with E-state index in [1.165, 1.54) is 4.31 Å². The first-order chi connectivity index (χ1) is 10.9. The van der Waals surface area contributed by atoms with Crippen LogP contribution in [0.2, 0.25) is 5.02 Å². The number of aryl methyl sites for hydroxylation is 2. The predicted octanol–water partition coefficient (Wildman–Crippen LogP) is 2.14. The van der Waals surface area contributed by atoms with E-state index in [-0.39, 0.29) is 23.5 Å². The molecular formula is C15H20Cl2N4O2S. The zero-order valence-corrected chi connectivity index (χ0v) is 15.8. The van der Waals surface area contributed by atoms with E-state index in [1.54, 1.807) is 30.8 Å². The number of imidazole rings is 1. The van der Waals surface area contributed by atoms with Gasteiger partial charge in [-0.3, -0.25) is 0 Å². The largest absolute Gasteiger partial charge is 0.337 e. The van der Waals surface area contributed by atoms with Crippen LogP contribution in [-0.4, -0.2) is 41.9 Å². The van der Waals surface area contributed by atoms with E-state index in [1.807, 2.05) is 18.2 Å². The maximum atomic E-state index is 13.0. The van der Waals surface area contributed by atoms with Crippen molar-refractivity contribution in [1.82, 2.24) is 19.2 Å². The van der Waals surface area contributed by atoms with Crippen molar-refractivity contribution in [2.75, 3.05) is 19.6 Å². The third-order valence-corrected chi connectivity index (χ3v) is 6.24. The van der Waals surface area contributed by atoms with Gasteiger partial charge in [0.1, 0.15) is 5.82 Å². The van der Waals surface area contributed by atoms with Crippen LogP contribution in [-0.2, 0) is 17.1 Å². The Hall–Kier alpha value is -1.12. The molecule has 1 aliphatic heterocycles. The first kappa shape index (κ1) is 19.2. The Morgan fingerprint density at radius 3 is 2.67 bits per heavy atom. The average Bonchev–Trinajstić information content (AvgIpc) is 2.88. The van der Waals surface area contributed by atoms with Crippen molar-refractivity contribution in [2.45, 2.75) is 18.0 Å². The second-order valence-electron chi connectivity index (χ2n) is 5.59. The average molecular weight is 391 g/mol. The molecule has 1 saturated heterocycles. The Morgan fingerprint density at radius 1 is 1.33 bits per heavy atom. The fourth-order valence-electron chi connectivity index (χ4n) is 2.75. The van der Waals surface area contributed by atoms with E-state index in [0.29, 0.717) is 30.5 Å². The van der Waals surface area contributed by atoms with Crippen LogP contribution >= 0.6 is 24.0 Å². The maximum Gasteiger partial charge on any atom is 0.262 e. The molecule has 2 heterocycles. The molecule has 1 aliphatic rings. The predicted molar refractivity (Wildman–Crippen MR) is 96.1 cm³/mol. The summed E-state index contributed by atoms with van der Waals surface area (Å²) >= 11 is 6.28. The monoisotopic (exact) mass is 390 g/mol. The Labute approximate surface area is 153 Å². The Balaban J connectivity index is 0.00000208. The fourth-order valence-corrected chi connectivity index (χ4v) is 4.65. The van der Waals surface area contributed by atoms with Crippen LogP contribution in [0.1, 0.15) is 17.4 Å². The van der Waals surface area contributed by atoms with Crippen molar-refractivity contribution in [3.8, 4) is 0 Å². The summed E-state index contributed by atoms with van der Waals surface area (Å²) in [5.74, 6) is 0.660. The molecule has 0 aliphatic carbocycles. The Morgan fingerprint density at radius 2 is 2.04 bits per heavy atom. The summed E-state index contributed by atoms with van der Waals surface area (Å²) in [5.41, 5.74) is 0.803. The fraction of sp³-hybridized carbons (Fsp3) is 0.400. The highest BCUT2D eigenvalue weighted by molar-refractivity contribution is 7.89. The molecular weight excluding hydrogens is 371 g/mol. The third-order valence-electron chi connectivity index (χ3n) is 4.12. The molecule has 1 fully saturated rings. The van der Waals surface area contributed by atoms with Gasteiger partial charge >= 0.3 is 0 Å². The van der Waals surface area contributed by atoms with E-state index in [9.17, 15) is 8.42 Å². The van der Waals surface area contributed by atoms with Gasteiger partial charge in [-0.2, -0.15) is 4.31 Å². The molecule has 6 nitrogen and oxygen atoms in total. The van der Waals surface area contributed by atoms with E-state index in [4.69, 9.17) is 11.6 Å². The lowest BCUT2D eigenvalue weighted by atomic mass is 10.1. The minimum atomic E-state index is -3.68. The molecule has 0 radical (unpaired) electrons. The van der Waals surface area contributed by atoms with Crippen LogP contribution < -0.4 is 5.32 Å². The molecule has 0 spiro atoms. The number of nitrogens with one attached hydrogen (secondary N) is 1. The topological polar surface area (TPSA) is 67.2 Å². The number of nitrogens with zero attached hydrogens (tertiary/aromatic N) is 3. The molecule has 1 aromatic heterocycles. The number of aromatic nitrogens is 2. The summed E-state index contributed by atoms with van der Waals surface area (Å²) in [6.07, 6.45) is 1.55. The minimum absolute atomic E-state index is 0. The molecule has 9 heteroatoms. The van der Waals surface area contributed by atoms with E-state index in [0.717, 1.165) is 5.56 Å². The highest BCUT2D eigenvalue weighted by atomic mass is 35.5. The number of sulfonamides is 1. The summed E-state index contributed by atoms with van der Waals surface area (Å²) in [4.78, 5) is 4.19. The summed E-state index contributed by atoms with van der Waals surface area (Å²) < 4.78 is 29.3. The number of benzene rings is 1. The smallest absolute Gasteiger partial charge is 0.262 e. The minimum Gasteiger partial charge on any atom is -0.337 e. The number of halogens is 2. The van der Waals surface area contributed by atoms with Crippen LogP contribution in [0.3, 0.4) is 0 Å². The van der Waals surface area contributed by atoms with Crippen molar-refractivity contribution in [1.29, 1.82) is 0 Å². The SMILES string of the molecule is Cc1nc(S(=O)(=O)N2CCNCC2c2ccccc2Cl)cn1C.Cl. The Bertz CT molecular complexity index is 803. The molecule has 0 bridgehead atoms. The maximum absolute atomic E-state index is 13.0. The van der Waals surface area contributed by atoms with Crippen LogP contribution in [0.25, 0.3) is 0 Å². The first-order valence-electron chi connectivity index (χ1n) is 7.38. The van der Waals surface area contributed by atoms with Gasteiger partial charge in [0.25, 0.3) is 10.0 Å². The van der Waals surface area contributed by atoms with Gasteiger partial charge in [-0.1, -0.05) is 29.8 Å². The molecule has 0 amide bonds. The molecule has 24 heavy (non-hydrogen) atoms. The van der Waals surface area contributed by atoms with Crippen molar-refractivity contribution in [2.24, 2.45) is 7.05 Å².